The van der Waals surface area contributed by atoms with Crippen molar-refractivity contribution < 1.29 is 19.0 Å². The molecular formula is C30H26Br3Cl3N4O4. The van der Waals surface area contributed by atoms with Gasteiger partial charge >= 0.3 is 0 Å². The van der Waals surface area contributed by atoms with Crippen molar-refractivity contribution >= 4 is 94.2 Å². The highest BCUT2D eigenvalue weighted by Gasteiger charge is 2.30. The quantitative estimate of drug-likeness (QED) is 0.119. The summed E-state index contributed by atoms with van der Waals surface area (Å²) in [4.78, 5) is 22.9. The van der Waals surface area contributed by atoms with Crippen molar-refractivity contribution in [3.05, 3.63) is 103 Å². The molecule has 4 aromatic rings. The molecule has 1 amide bonds. The van der Waals surface area contributed by atoms with Gasteiger partial charge in [-0.15, -0.1) is 0 Å². The van der Waals surface area contributed by atoms with E-state index in [0.29, 0.717) is 37.6 Å². The minimum Gasteiger partial charge on any atom is -0.493 e. The minimum atomic E-state index is -0.398. The van der Waals surface area contributed by atoms with Crippen molar-refractivity contribution in [2.24, 2.45) is 0 Å². The van der Waals surface area contributed by atoms with Crippen LogP contribution in [0.3, 0.4) is 0 Å². The van der Waals surface area contributed by atoms with Gasteiger partial charge in [-0.05, 0) is 66.7 Å². The first-order valence-electron chi connectivity index (χ1n) is 13.2. The van der Waals surface area contributed by atoms with Crippen LogP contribution in [-0.2, 0) is 0 Å². The number of alkyl halides is 1. The summed E-state index contributed by atoms with van der Waals surface area (Å²) >= 11 is 28.1. The van der Waals surface area contributed by atoms with Gasteiger partial charge in [0.05, 0.1) is 11.6 Å². The van der Waals surface area contributed by atoms with Crippen LogP contribution in [0.25, 0.3) is 0 Å². The molecule has 0 spiro atoms. The van der Waals surface area contributed by atoms with Gasteiger partial charge in [-0.2, -0.15) is 4.98 Å². The van der Waals surface area contributed by atoms with E-state index in [-0.39, 0.29) is 27.3 Å². The summed E-state index contributed by atoms with van der Waals surface area (Å²) < 4.78 is 19.2. The van der Waals surface area contributed by atoms with Gasteiger partial charge in [0.2, 0.25) is 5.88 Å². The smallest absolute Gasteiger partial charge is 0.255 e. The number of nitrogens with zero attached hydrogens (tertiary/aromatic N) is 3. The molecule has 1 N–H and O–H groups in total. The summed E-state index contributed by atoms with van der Waals surface area (Å²) in [5.74, 6) is 1.54. The molecule has 8 nitrogen and oxygen atoms in total. The largest absolute Gasteiger partial charge is 0.493 e. The molecule has 5 rings (SSSR count). The van der Waals surface area contributed by atoms with Gasteiger partial charge in [0.25, 0.3) is 5.91 Å². The maximum atomic E-state index is 12.6. The Bertz CT molecular complexity index is 1530. The zero-order valence-electron chi connectivity index (χ0n) is 23.0. The molecule has 2 aromatic carbocycles. The van der Waals surface area contributed by atoms with Crippen molar-refractivity contribution in [1.29, 1.82) is 0 Å². The molecule has 3 heterocycles. The second-order valence-electron chi connectivity index (χ2n) is 9.23. The first kappa shape index (κ1) is 34.7. The summed E-state index contributed by atoms with van der Waals surface area (Å²) in [7, 11) is 0. The molecule has 1 aliphatic heterocycles. The lowest BCUT2D eigenvalue weighted by Crippen LogP contribution is -2.54. The lowest BCUT2D eigenvalue weighted by Gasteiger charge is -2.38. The van der Waals surface area contributed by atoms with Gasteiger partial charge in [-0.1, -0.05) is 82.6 Å². The van der Waals surface area contributed by atoms with Gasteiger partial charge in [0.15, 0.2) is 5.15 Å². The van der Waals surface area contributed by atoms with Crippen LogP contribution in [-0.4, -0.2) is 65.1 Å². The van der Waals surface area contributed by atoms with E-state index in [9.17, 15) is 4.79 Å². The van der Waals surface area contributed by atoms with Crippen molar-refractivity contribution in [2.45, 2.75) is 6.10 Å². The number of amides is 1. The number of hydrogen-bond donors (Lipinski definition) is 1. The van der Waals surface area contributed by atoms with E-state index in [0.717, 1.165) is 32.3 Å². The summed E-state index contributed by atoms with van der Waals surface area (Å²) in [5, 5.41) is 4.12. The van der Waals surface area contributed by atoms with Crippen LogP contribution in [0.1, 0.15) is 10.4 Å². The van der Waals surface area contributed by atoms with Crippen LogP contribution >= 0.6 is 82.6 Å². The third-order valence-corrected chi connectivity index (χ3v) is 8.25. The van der Waals surface area contributed by atoms with Crippen molar-refractivity contribution in [2.75, 3.05) is 43.5 Å². The van der Waals surface area contributed by atoms with Crippen LogP contribution in [0.2, 0.25) is 15.3 Å². The molecule has 1 aliphatic rings. The highest BCUT2D eigenvalue weighted by Crippen LogP contribution is 2.33. The Morgan fingerprint density at radius 1 is 0.909 bits per heavy atom. The summed E-state index contributed by atoms with van der Waals surface area (Å²) in [6, 6.07) is 20.0. The number of ether oxygens (including phenoxy) is 3. The highest BCUT2D eigenvalue weighted by atomic mass is 79.9. The Kier molecular flexibility index (Phi) is 13.9. The number of halogens is 6. The van der Waals surface area contributed by atoms with E-state index >= 15 is 0 Å². The lowest BCUT2D eigenvalue weighted by atomic mass is 10.1. The predicted molar refractivity (Wildman–Crippen MR) is 185 cm³/mol. The molecule has 1 saturated heterocycles. The topological polar surface area (TPSA) is 85.8 Å². The van der Waals surface area contributed by atoms with E-state index in [1.807, 2.05) is 48.5 Å². The fourth-order valence-electron chi connectivity index (χ4n) is 3.82. The standard InChI is InChI=1S/C22H18BrCl3N4O3.C8H8Br2O/c23-14-1-3-15(4-2-14)32-8-7-30-11-16(12-30)33-22-18(10-17(24)20(26)29-22)28-21(31)13-5-6-27-19(25)9-13;9-5-6-11-8-3-1-7(10)2-4-8/h1-6,9-10,16H,7-8,11-12H2,(H,28,31);1-4H,5-6H2. The average Bonchev–Trinajstić information content (AvgIpc) is 2.99. The number of aromatic nitrogens is 2. The van der Waals surface area contributed by atoms with E-state index in [1.54, 1.807) is 6.07 Å². The number of carbonyl (C=O) groups is 1. The van der Waals surface area contributed by atoms with Crippen LogP contribution in [0.5, 0.6) is 17.4 Å². The average molecular weight is 853 g/mol. The Morgan fingerprint density at radius 3 is 2.11 bits per heavy atom. The van der Waals surface area contributed by atoms with Gasteiger partial charge in [0.1, 0.15) is 35.1 Å². The minimum absolute atomic E-state index is 0.0932. The zero-order chi connectivity index (χ0) is 31.5. The van der Waals surface area contributed by atoms with Gasteiger partial charge in [-0.25, -0.2) is 4.98 Å². The maximum Gasteiger partial charge on any atom is 0.255 e. The van der Waals surface area contributed by atoms with E-state index in [4.69, 9.17) is 49.0 Å². The van der Waals surface area contributed by atoms with Gasteiger partial charge in [0, 0.05) is 45.7 Å². The van der Waals surface area contributed by atoms with E-state index in [1.165, 1.54) is 18.3 Å². The molecule has 0 aliphatic carbocycles. The second kappa shape index (κ2) is 17.5. The van der Waals surface area contributed by atoms with Gasteiger partial charge < -0.3 is 19.5 Å². The van der Waals surface area contributed by atoms with Gasteiger partial charge in [-0.3, -0.25) is 9.69 Å². The molecule has 0 atom stereocenters. The van der Waals surface area contributed by atoms with Crippen molar-refractivity contribution in [3.8, 4) is 17.4 Å². The monoisotopic (exact) mass is 848 g/mol. The van der Waals surface area contributed by atoms with E-state index < -0.39 is 5.91 Å². The Hall–Kier alpha value is -2.12. The Balaban J connectivity index is 0.000000339. The van der Waals surface area contributed by atoms with Crippen LogP contribution in [0, 0.1) is 0 Å². The molecular weight excluding hydrogens is 826 g/mol. The number of anilines is 1. The lowest BCUT2D eigenvalue weighted by molar-refractivity contribution is 0.0106. The number of carbonyl (C=O) groups excluding carboxylic acids is 1. The summed E-state index contributed by atoms with van der Waals surface area (Å²) in [6.07, 6.45) is 1.35. The van der Waals surface area contributed by atoms with E-state index in [2.05, 4.69) is 68.0 Å². The zero-order valence-corrected chi connectivity index (χ0v) is 30.0. The molecule has 0 saturated carbocycles. The molecule has 2 aromatic heterocycles. The van der Waals surface area contributed by atoms with Crippen LogP contribution < -0.4 is 19.5 Å². The SMILES string of the molecule is BrCCOc1ccc(Br)cc1.O=C(Nc1cc(Cl)c(Cl)nc1OC1CN(CCOc2ccc(Br)cc2)C1)c1ccnc(Cl)c1. The van der Waals surface area contributed by atoms with Crippen LogP contribution in [0.4, 0.5) is 5.69 Å². The number of likely N-dealkylation sites (tertiary alicyclic amines) is 1. The first-order valence-corrected chi connectivity index (χ1v) is 17.0. The Labute approximate surface area is 295 Å². The molecule has 0 radical (unpaired) electrons. The fraction of sp³-hybridized carbons (Fsp3) is 0.233. The van der Waals surface area contributed by atoms with Crippen molar-refractivity contribution in [1.82, 2.24) is 14.9 Å². The number of hydrogen-bond acceptors (Lipinski definition) is 7. The summed E-state index contributed by atoms with van der Waals surface area (Å²) in [6.45, 7) is 3.42. The number of nitrogens with one attached hydrogen (secondary N) is 1. The number of rotatable bonds is 11. The molecule has 232 valence electrons. The molecule has 1 fully saturated rings. The molecule has 0 unspecified atom stereocenters. The Morgan fingerprint density at radius 2 is 1.52 bits per heavy atom. The third kappa shape index (κ3) is 11.0. The maximum absolute atomic E-state index is 12.6. The predicted octanol–water partition coefficient (Wildman–Crippen LogP) is 8.82. The number of benzene rings is 2. The number of pyridine rings is 2. The normalized spacial score (nSPS) is 12.9. The fourth-order valence-corrected chi connectivity index (χ4v) is 4.96. The second-order valence-corrected chi connectivity index (χ2v) is 13.0. The molecule has 44 heavy (non-hydrogen) atoms. The first-order chi connectivity index (χ1) is 21.2. The third-order valence-electron chi connectivity index (χ3n) is 5.99. The highest BCUT2D eigenvalue weighted by molar-refractivity contribution is 9.10. The van der Waals surface area contributed by atoms with Crippen LogP contribution in [0.15, 0.2) is 81.9 Å². The summed E-state index contributed by atoms with van der Waals surface area (Å²) in [5.41, 5.74) is 0.659. The van der Waals surface area contributed by atoms with Crippen molar-refractivity contribution in [3.63, 3.8) is 0 Å². The molecule has 0 bridgehead atoms. The molecule has 14 heteroatoms.